The van der Waals surface area contributed by atoms with Gasteiger partial charge in [0.1, 0.15) is 12.2 Å². The Kier molecular flexibility index (Phi) is 12.5. The summed E-state index contributed by atoms with van der Waals surface area (Å²) in [5.74, 6) is 0.205. The van der Waals surface area contributed by atoms with E-state index in [1.807, 2.05) is 27.7 Å². The monoisotopic (exact) mass is 454 g/mol. The molecule has 0 N–H and O–H groups in total. The molecule has 0 aliphatic heterocycles. The summed E-state index contributed by atoms with van der Waals surface area (Å²) in [5.41, 5.74) is -2.93. The average molecular weight is 456 g/mol. The van der Waals surface area contributed by atoms with Crippen LogP contribution in [0.2, 0.25) is 0 Å². The van der Waals surface area contributed by atoms with E-state index in [4.69, 9.17) is 65.4 Å². The second kappa shape index (κ2) is 12.5. The number of alkyl halides is 2. The molecule has 0 spiro atoms. The molecule has 2 atom stereocenters. The van der Waals surface area contributed by atoms with Gasteiger partial charge in [0, 0.05) is 29.6 Å². The zero-order chi connectivity index (χ0) is 20.4. The van der Waals surface area contributed by atoms with Gasteiger partial charge in [-0.1, -0.05) is 0 Å². The van der Waals surface area contributed by atoms with Crippen LogP contribution in [-0.4, -0.2) is 59.2 Å². The Morgan fingerprint density at radius 2 is 1.35 bits per heavy atom. The Morgan fingerprint density at radius 1 is 0.846 bits per heavy atom. The number of carbonyl (C=O) groups excluding carboxylic acids is 2. The molecule has 0 saturated heterocycles. The Labute approximate surface area is 174 Å². The first kappa shape index (κ1) is 26.0. The van der Waals surface area contributed by atoms with Crippen LogP contribution < -0.4 is 0 Å². The summed E-state index contributed by atoms with van der Waals surface area (Å²) < 4.78 is 21.3. The lowest BCUT2D eigenvalue weighted by atomic mass is 10.0. The maximum atomic E-state index is 10.8. The van der Waals surface area contributed by atoms with E-state index in [9.17, 15) is 9.59 Å². The summed E-state index contributed by atoms with van der Waals surface area (Å²) in [6.07, 6.45) is -0.180. The maximum absolute atomic E-state index is 10.8. The molecule has 2 unspecified atom stereocenters. The van der Waals surface area contributed by atoms with Crippen molar-refractivity contribution in [2.24, 2.45) is 0 Å². The third kappa shape index (κ3) is 13.2. The summed E-state index contributed by atoms with van der Waals surface area (Å²) in [6, 6.07) is 0. The lowest BCUT2D eigenvalue weighted by Crippen LogP contribution is -2.36. The zero-order valence-electron chi connectivity index (χ0n) is 15.4. The van der Waals surface area contributed by atoms with E-state index >= 15 is 0 Å². The van der Waals surface area contributed by atoms with Crippen LogP contribution in [0.5, 0.6) is 0 Å². The molecule has 0 amide bonds. The van der Waals surface area contributed by atoms with Crippen molar-refractivity contribution in [3.8, 4) is 0 Å². The molecule has 0 bridgehead atoms. The first-order valence-electron chi connectivity index (χ1n) is 8.03. The van der Waals surface area contributed by atoms with Gasteiger partial charge in [0.2, 0.25) is 0 Å². The van der Waals surface area contributed by atoms with Gasteiger partial charge >= 0.3 is 10.9 Å². The van der Waals surface area contributed by atoms with Crippen LogP contribution in [0.4, 0.5) is 9.59 Å². The molecular formula is C16H26Cl4O6. The second-order valence-corrected chi connectivity index (χ2v) is 8.13. The number of carbonyl (C=O) groups is 2. The molecule has 154 valence electrons. The molecular weight excluding hydrogens is 430 g/mol. The van der Waals surface area contributed by atoms with Crippen LogP contribution in [0, 0.1) is 0 Å². The molecule has 0 aromatic heterocycles. The van der Waals surface area contributed by atoms with E-state index < -0.39 is 34.3 Å². The van der Waals surface area contributed by atoms with Crippen molar-refractivity contribution in [1.82, 2.24) is 0 Å². The molecule has 26 heavy (non-hydrogen) atoms. The van der Waals surface area contributed by atoms with Gasteiger partial charge in [0.15, 0.2) is 0 Å². The van der Waals surface area contributed by atoms with E-state index in [1.54, 1.807) is 0 Å². The molecule has 0 fully saturated rings. The minimum absolute atomic E-state index is 0.0805. The molecule has 0 aliphatic carbocycles. The van der Waals surface area contributed by atoms with Gasteiger partial charge in [0.25, 0.3) is 0 Å². The van der Waals surface area contributed by atoms with Crippen molar-refractivity contribution in [3.05, 3.63) is 0 Å². The van der Waals surface area contributed by atoms with Gasteiger partial charge in [0.05, 0.1) is 36.2 Å². The largest absolute Gasteiger partial charge is 0.449 e. The van der Waals surface area contributed by atoms with Crippen LogP contribution in [-0.2, 0) is 18.9 Å². The molecule has 0 rings (SSSR count). The summed E-state index contributed by atoms with van der Waals surface area (Å²) in [5, 5.41) is 0. The number of hydrogen-bond donors (Lipinski definition) is 0. The van der Waals surface area contributed by atoms with Crippen LogP contribution in [0.25, 0.3) is 0 Å². The van der Waals surface area contributed by atoms with Crippen LogP contribution in [0.3, 0.4) is 0 Å². The third-order valence-electron chi connectivity index (χ3n) is 3.44. The van der Waals surface area contributed by atoms with Crippen molar-refractivity contribution in [1.29, 1.82) is 0 Å². The Bertz CT molecular complexity index is 444. The minimum Gasteiger partial charge on any atom is -0.449 e. The van der Waals surface area contributed by atoms with Crippen LogP contribution >= 0.6 is 46.4 Å². The number of halogens is 4. The van der Waals surface area contributed by atoms with Gasteiger partial charge in [-0.25, -0.2) is 9.59 Å². The summed E-state index contributed by atoms with van der Waals surface area (Å²) >= 11 is 21.9. The molecule has 0 aliphatic rings. The van der Waals surface area contributed by atoms with Crippen molar-refractivity contribution >= 4 is 57.3 Å². The van der Waals surface area contributed by atoms with E-state index in [0.717, 1.165) is 0 Å². The van der Waals surface area contributed by atoms with Gasteiger partial charge in [-0.05, 0) is 34.1 Å². The van der Waals surface area contributed by atoms with Crippen molar-refractivity contribution < 1.29 is 28.5 Å². The standard InChI is InChI=1S/C16H26Cl4O6/c1-15(2,24-10-12(9-18)26-14(20)22)5-6-23-16(3,4)7-11(8-17)25-13(19)21/h11-12H,5-10H2,1-4H3. The molecule has 10 heteroatoms. The Morgan fingerprint density at radius 3 is 1.81 bits per heavy atom. The molecule has 0 aromatic rings. The molecule has 6 nitrogen and oxygen atoms in total. The SMILES string of the molecule is CC(C)(CCOC(C)(C)CC(CCl)OC(=O)Cl)OCC(CCl)OC(=O)Cl. The van der Waals surface area contributed by atoms with Gasteiger partial charge in [-0.3, -0.25) is 0 Å². The minimum atomic E-state index is -0.923. The highest BCUT2D eigenvalue weighted by atomic mass is 35.5. The lowest BCUT2D eigenvalue weighted by Gasteiger charge is -2.32. The van der Waals surface area contributed by atoms with Crippen molar-refractivity contribution in [2.75, 3.05) is 25.0 Å². The highest BCUT2D eigenvalue weighted by molar-refractivity contribution is 6.61. The first-order valence-corrected chi connectivity index (χ1v) is 9.85. The smallest absolute Gasteiger partial charge is 0.404 e. The van der Waals surface area contributed by atoms with Crippen molar-refractivity contribution in [2.45, 2.75) is 63.9 Å². The fourth-order valence-corrected chi connectivity index (χ4v) is 2.65. The molecule has 0 aromatic carbocycles. The highest BCUT2D eigenvalue weighted by Crippen LogP contribution is 2.23. The first-order chi connectivity index (χ1) is 11.9. The topological polar surface area (TPSA) is 71.1 Å². The quantitative estimate of drug-likeness (QED) is 0.276. The fourth-order valence-electron chi connectivity index (χ4n) is 2.07. The molecule has 0 heterocycles. The van der Waals surface area contributed by atoms with E-state index in [1.165, 1.54) is 0 Å². The number of ether oxygens (including phenoxy) is 4. The van der Waals surface area contributed by atoms with Gasteiger partial charge < -0.3 is 18.9 Å². The lowest BCUT2D eigenvalue weighted by molar-refractivity contribution is -0.0949. The normalized spacial score (nSPS) is 14.6. The molecule has 0 saturated carbocycles. The highest BCUT2D eigenvalue weighted by Gasteiger charge is 2.28. The summed E-state index contributed by atoms with van der Waals surface area (Å²) in [7, 11) is 0. The molecule has 0 radical (unpaired) electrons. The van der Waals surface area contributed by atoms with Crippen LogP contribution in [0.15, 0.2) is 0 Å². The zero-order valence-corrected chi connectivity index (χ0v) is 18.4. The Hall–Kier alpha value is 0.0200. The predicted octanol–water partition coefficient (Wildman–Crippen LogP) is 5.32. The van der Waals surface area contributed by atoms with Gasteiger partial charge in [-0.2, -0.15) is 0 Å². The fraction of sp³-hybridized carbons (Fsp3) is 0.875. The van der Waals surface area contributed by atoms with Crippen molar-refractivity contribution in [3.63, 3.8) is 0 Å². The second-order valence-electron chi connectivity index (χ2n) is 6.90. The number of rotatable bonds is 13. The average Bonchev–Trinajstić information content (AvgIpc) is 2.49. The predicted molar refractivity (Wildman–Crippen MR) is 103 cm³/mol. The van der Waals surface area contributed by atoms with Crippen LogP contribution in [0.1, 0.15) is 40.5 Å². The maximum Gasteiger partial charge on any atom is 0.404 e. The number of hydrogen-bond acceptors (Lipinski definition) is 6. The van der Waals surface area contributed by atoms with Gasteiger partial charge in [-0.15, -0.1) is 23.2 Å². The van der Waals surface area contributed by atoms with E-state index in [-0.39, 0.29) is 18.4 Å². The summed E-state index contributed by atoms with van der Waals surface area (Å²) in [6.45, 7) is 8.02. The third-order valence-corrected chi connectivity index (χ3v) is 4.31. The Balaban J connectivity index is 4.35. The summed E-state index contributed by atoms with van der Waals surface area (Å²) in [4.78, 5) is 21.6. The van der Waals surface area contributed by atoms with E-state index in [0.29, 0.717) is 19.4 Å². The van der Waals surface area contributed by atoms with E-state index in [2.05, 4.69) is 0 Å².